The Labute approximate surface area is 130 Å². The molecule has 0 N–H and O–H groups in total. The number of aryl methyl sites for hydroxylation is 1. The molecule has 0 aliphatic heterocycles. The van der Waals surface area contributed by atoms with E-state index < -0.39 is 4.92 Å². The molecule has 0 saturated carbocycles. The normalized spacial score (nSPS) is 10.3. The van der Waals surface area contributed by atoms with Gasteiger partial charge in [-0.25, -0.2) is 4.98 Å². The zero-order chi connectivity index (χ0) is 15.6. The van der Waals surface area contributed by atoms with Crippen molar-refractivity contribution < 1.29 is 14.4 Å². The van der Waals surface area contributed by atoms with Gasteiger partial charge in [0.05, 0.1) is 28.3 Å². The molecule has 8 heteroatoms. The number of methoxy groups -OCH3 is 1. The molecule has 2 aromatic rings. The minimum atomic E-state index is -0.586. The van der Waals surface area contributed by atoms with Gasteiger partial charge in [-0.1, -0.05) is 23.2 Å². The number of hydrogen-bond donors (Lipinski definition) is 0. The van der Waals surface area contributed by atoms with E-state index >= 15 is 0 Å². The van der Waals surface area contributed by atoms with Crippen molar-refractivity contribution in [1.82, 2.24) is 4.98 Å². The van der Waals surface area contributed by atoms with Crippen molar-refractivity contribution in [2.75, 3.05) is 7.11 Å². The van der Waals surface area contributed by atoms with Gasteiger partial charge in [0.15, 0.2) is 5.75 Å². The van der Waals surface area contributed by atoms with Crippen LogP contribution in [0.3, 0.4) is 0 Å². The summed E-state index contributed by atoms with van der Waals surface area (Å²) < 4.78 is 10.6. The lowest BCUT2D eigenvalue weighted by Crippen LogP contribution is -1.95. The molecule has 0 bridgehead atoms. The van der Waals surface area contributed by atoms with Crippen LogP contribution < -0.4 is 9.47 Å². The maximum absolute atomic E-state index is 10.7. The van der Waals surface area contributed by atoms with Crippen LogP contribution >= 0.6 is 23.2 Å². The maximum atomic E-state index is 10.7. The topological polar surface area (TPSA) is 74.5 Å². The van der Waals surface area contributed by atoms with E-state index in [1.165, 1.54) is 25.4 Å². The van der Waals surface area contributed by atoms with Gasteiger partial charge in [0.25, 0.3) is 5.69 Å². The third kappa shape index (κ3) is 3.34. The van der Waals surface area contributed by atoms with E-state index in [9.17, 15) is 10.1 Å². The fourth-order valence-corrected chi connectivity index (χ4v) is 2.19. The Morgan fingerprint density at radius 1 is 1.24 bits per heavy atom. The van der Waals surface area contributed by atoms with Crippen molar-refractivity contribution in [2.24, 2.45) is 0 Å². The van der Waals surface area contributed by atoms with Gasteiger partial charge in [-0.05, 0) is 12.5 Å². The number of aromatic nitrogens is 1. The Morgan fingerprint density at radius 3 is 2.33 bits per heavy atom. The van der Waals surface area contributed by atoms with Crippen LogP contribution in [0, 0.1) is 17.0 Å². The monoisotopic (exact) mass is 328 g/mol. The minimum Gasteiger partial charge on any atom is -0.495 e. The molecule has 110 valence electrons. The highest BCUT2D eigenvalue weighted by molar-refractivity contribution is 6.37. The SMILES string of the molecule is COc1cnc(Oc2c(Cl)cc([N+](=O)[O-])cc2Cl)cc1C. The molecule has 1 aromatic carbocycles. The van der Waals surface area contributed by atoms with Crippen LogP contribution in [0.5, 0.6) is 17.4 Å². The summed E-state index contributed by atoms with van der Waals surface area (Å²) in [5.74, 6) is 0.982. The van der Waals surface area contributed by atoms with Crippen LogP contribution in [-0.4, -0.2) is 17.0 Å². The number of hydrogen-bond acceptors (Lipinski definition) is 5. The van der Waals surface area contributed by atoms with Crippen molar-refractivity contribution in [2.45, 2.75) is 6.92 Å². The first-order valence-electron chi connectivity index (χ1n) is 5.74. The largest absolute Gasteiger partial charge is 0.495 e. The molecule has 2 rings (SSSR count). The van der Waals surface area contributed by atoms with Crippen LogP contribution in [0.25, 0.3) is 0 Å². The summed E-state index contributed by atoms with van der Waals surface area (Å²) in [6.07, 6.45) is 1.50. The Bertz CT molecular complexity index is 684. The number of non-ortho nitro benzene ring substituents is 1. The zero-order valence-corrected chi connectivity index (χ0v) is 12.6. The number of benzene rings is 1. The lowest BCUT2D eigenvalue weighted by Gasteiger charge is -2.10. The lowest BCUT2D eigenvalue weighted by molar-refractivity contribution is -0.384. The summed E-state index contributed by atoms with van der Waals surface area (Å²) in [6.45, 7) is 1.83. The summed E-state index contributed by atoms with van der Waals surface area (Å²) in [5, 5.41) is 10.8. The fraction of sp³-hybridized carbons (Fsp3) is 0.154. The van der Waals surface area contributed by atoms with Crippen LogP contribution in [0.4, 0.5) is 5.69 Å². The number of nitro groups is 1. The maximum Gasteiger partial charge on any atom is 0.272 e. The molecule has 0 fully saturated rings. The van der Waals surface area contributed by atoms with Gasteiger partial charge in [0.1, 0.15) is 5.75 Å². The molecular weight excluding hydrogens is 319 g/mol. The molecule has 0 radical (unpaired) electrons. The summed E-state index contributed by atoms with van der Waals surface area (Å²) in [6, 6.07) is 3.98. The third-order valence-corrected chi connectivity index (χ3v) is 3.22. The van der Waals surface area contributed by atoms with Gasteiger partial charge in [-0.2, -0.15) is 0 Å². The molecule has 0 aliphatic rings. The molecular formula is C13H10Cl2N2O4. The van der Waals surface area contributed by atoms with Gasteiger partial charge in [0, 0.05) is 18.2 Å². The molecule has 1 heterocycles. The summed E-state index contributed by atoms with van der Waals surface area (Å²) in [7, 11) is 1.54. The first-order chi connectivity index (χ1) is 9.92. The highest BCUT2D eigenvalue weighted by Gasteiger charge is 2.17. The van der Waals surface area contributed by atoms with Crippen molar-refractivity contribution in [3.05, 3.63) is 50.1 Å². The van der Waals surface area contributed by atoms with Gasteiger partial charge < -0.3 is 9.47 Å². The van der Waals surface area contributed by atoms with E-state index in [0.29, 0.717) is 5.75 Å². The molecule has 0 aliphatic carbocycles. The highest BCUT2D eigenvalue weighted by Crippen LogP contribution is 2.39. The van der Waals surface area contributed by atoms with Crippen LogP contribution in [0.2, 0.25) is 10.0 Å². The second-order valence-corrected chi connectivity index (χ2v) is 4.90. The third-order valence-electron chi connectivity index (χ3n) is 2.66. The van der Waals surface area contributed by atoms with E-state index in [2.05, 4.69) is 4.98 Å². The van der Waals surface area contributed by atoms with Gasteiger partial charge in [-0.15, -0.1) is 0 Å². The minimum absolute atomic E-state index is 0.0319. The molecule has 0 amide bonds. The van der Waals surface area contributed by atoms with E-state index in [1.807, 2.05) is 6.92 Å². The quantitative estimate of drug-likeness (QED) is 0.614. The van der Waals surface area contributed by atoms with E-state index in [1.54, 1.807) is 6.07 Å². The summed E-state index contributed by atoms with van der Waals surface area (Å²) in [4.78, 5) is 14.2. The average Bonchev–Trinajstić information content (AvgIpc) is 2.42. The van der Waals surface area contributed by atoms with E-state index in [0.717, 1.165) is 5.56 Å². The fourth-order valence-electron chi connectivity index (χ4n) is 1.64. The van der Waals surface area contributed by atoms with Crippen molar-refractivity contribution >= 4 is 28.9 Å². The summed E-state index contributed by atoms with van der Waals surface area (Å²) in [5.41, 5.74) is 0.605. The standard InChI is InChI=1S/C13H10Cl2N2O4/c1-7-3-12(16-6-11(7)20-2)21-13-9(14)4-8(17(18)19)5-10(13)15/h3-6H,1-2H3. The van der Waals surface area contributed by atoms with Gasteiger partial charge >= 0.3 is 0 Å². The number of nitro benzene ring substituents is 1. The predicted octanol–water partition coefficient (Wildman–Crippen LogP) is 4.41. The Hall–Kier alpha value is -2.05. The smallest absolute Gasteiger partial charge is 0.272 e. The number of halogens is 2. The van der Waals surface area contributed by atoms with Crippen LogP contribution in [0.1, 0.15) is 5.56 Å². The Balaban J connectivity index is 2.35. The molecule has 21 heavy (non-hydrogen) atoms. The van der Waals surface area contributed by atoms with Crippen molar-refractivity contribution in [3.8, 4) is 17.4 Å². The molecule has 0 atom stereocenters. The molecule has 0 saturated heterocycles. The molecule has 0 unspecified atom stereocenters. The highest BCUT2D eigenvalue weighted by atomic mass is 35.5. The summed E-state index contributed by atoms with van der Waals surface area (Å²) >= 11 is 11.9. The van der Waals surface area contributed by atoms with Crippen molar-refractivity contribution in [1.29, 1.82) is 0 Å². The molecule has 0 spiro atoms. The van der Waals surface area contributed by atoms with Crippen molar-refractivity contribution in [3.63, 3.8) is 0 Å². The number of ether oxygens (including phenoxy) is 2. The Morgan fingerprint density at radius 2 is 1.86 bits per heavy atom. The van der Waals surface area contributed by atoms with Gasteiger partial charge in [-0.3, -0.25) is 10.1 Å². The molecule has 6 nitrogen and oxygen atoms in total. The predicted molar refractivity (Wildman–Crippen MR) is 78.7 cm³/mol. The van der Waals surface area contributed by atoms with E-state index in [4.69, 9.17) is 32.7 Å². The number of pyridine rings is 1. The first-order valence-corrected chi connectivity index (χ1v) is 6.50. The average molecular weight is 329 g/mol. The van der Waals surface area contributed by atoms with Crippen LogP contribution in [0.15, 0.2) is 24.4 Å². The first kappa shape index (κ1) is 15.3. The zero-order valence-electron chi connectivity index (χ0n) is 11.1. The number of rotatable bonds is 4. The van der Waals surface area contributed by atoms with Gasteiger partial charge in [0.2, 0.25) is 5.88 Å². The molecule has 1 aromatic heterocycles. The van der Waals surface area contributed by atoms with Crippen LogP contribution in [-0.2, 0) is 0 Å². The Kier molecular flexibility index (Phi) is 4.50. The lowest BCUT2D eigenvalue weighted by atomic mass is 10.3. The second-order valence-electron chi connectivity index (χ2n) is 4.09. The number of nitrogens with zero attached hydrogens (tertiary/aromatic N) is 2. The van der Waals surface area contributed by atoms with E-state index in [-0.39, 0.29) is 27.4 Å². The second kappa shape index (κ2) is 6.15.